The lowest BCUT2D eigenvalue weighted by molar-refractivity contribution is -0.114. The van der Waals surface area contributed by atoms with Gasteiger partial charge in [0, 0.05) is 18.4 Å². The number of hydrogen-bond donors (Lipinski definition) is 1. The van der Waals surface area contributed by atoms with Crippen molar-refractivity contribution < 1.29 is 31.6 Å². The summed E-state index contributed by atoms with van der Waals surface area (Å²) >= 11 is 0. The van der Waals surface area contributed by atoms with E-state index in [1.165, 1.54) is 83.3 Å². The standard InChI is InChI=1S/C34H45FN2O6S/c1-22(2)44(40,41)37-32(39)18-14-24-13-15-26(35)19-25(24)20-27-30-16-17-31(43-30)33(27)34-36-28(21-42-34)29(38)12-8-4-7-11-23-9-5-3-6-10-23/h13-15,18-19,21-23,27,30-31,33H,3-12,16-17,20H2,1-2H3,(H,37,39)/b18-14+. The first-order valence-electron chi connectivity index (χ1n) is 16.3. The maximum Gasteiger partial charge on any atom is 0.257 e. The van der Waals surface area contributed by atoms with Gasteiger partial charge in [0.1, 0.15) is 17.8 Å². The number of carbonyl (C=O) groups excluding carboxylic acids is 2. The minimum Gasteiger partial charge on any atom is -0.448 e. The normalized spacial score (nSPS) is 24.0. The molecule has 2 aliphatic heterocycles. The van der Waals surface area contributed by atoms with E-state index in [9.17, 15) is 22.4 Å². The molecular weight excluding hydrogens is 583 g/mol. The van der Waals surface area contributed by atoms with Gasteiger partial charge in [-0.1, -0.05) is 57.4 Å². The maximum absolute atomic E-state index is 14.4. The zero-order chi connectivity index (χ0) is 31.3. The molecule has 2 bridgehead atoms. The van der Waals surface area contributed by atoms with Crippen LogP contribution in [0, 0.1) is 17.7 Å². The average Bonchev–Trinajstić information content (AvgIpc) is 3.74. The minimum absolute atomic E-state index is 0.00592. The number of nitrogens with one attached hydrogen (secondary N) is 1. The molecule has 8 nitrogen and oxygen atoms in total. The summed E-state index contributed by atoms with van der Waals surface area (Å²) in [7, 11) is -3.77. The lowest BCUT2D eigenvalue weighted by Crippen LogP contribution is -2.34. The van der Waals surface area contributed by atoms with Crippen LogP contribution in [0.5, 0.6) is 0 Å². The molecule has 0 radical (unpaired) electrons. The van der Waals surface area contributed by atoms with Crippen molar-refractivity contribution in [1.29, 1.82) is 0 Å². The summed E-state index contributed by atoms with van der Waals surface area (Å²) in [6, 6.07) is 4.32. The zero-order valence-electron chi connectivity index (χ0n) is 25.8. The summed E-state index contributed by atoms with van der Waals surface area (Å²) in [6.45, 7) is 2.97. The van der Waals surface area contributed by atoms with Gasteiger partial charge in [0.25, 0.3) is 5.91 Å². The van der Waals surface area contributed by atoms with Gasteiger partial charge >= 0.3 is 0 Å². The SMILES string of the molecule is CC(C)S(=O)(=O)NC(=O)/C=C/c1ccc(F)cc1CC1C2CCC(O2)C1c1nc(C(=O)CCCCCC2CCCCC2)co1. The number of hydrogen-bond acceptors (Lipinski definition) is 7. The monoisotopic (exact) mass is 628 g/mol. The third-order valence-electron chi connectivity index (χ3n) is 9.60. The van der Waals surface area contributed by atoms with Gasteiger partial charge in [-0.3, -0.25) is 9.59 Å². The number of sulfonamides is 1. The molecule has 0 spiro atoms. The molecule has 1 aliphatic carbocycles. The zero-order valence-corrected chi connectivity index (χ0v) is 26.6. The second-order valence-electron chi connectivity index (χ2n) is 13.0. The number of Topliss-reactive ketones (excluding diaryl/α,β-unsaturated/α-hetero) is 1. The Morgan fingerprint density at radius 1 is 1.07 bits per heavy atom. The number of halogens is 1. The fraction of sp³-hybridized carbons (Fsp3) is 0.618. The van der Waals surface area contributed by atoms with Crippen LogP contribution in [0.2, 0.25) is 0 Å². The van der Waals surface area contributed by atoms with E-state index < -0.39 is 27.0 Å². The summed E-state index contributed by atoms with van der Waals surface area (Å²) in [6.07, 6.45) is 17.7. The van der Waals surface area contributed by atoms with Crippen LogP contribution in [0.3, 0.4) is 0 Å². The number of nitrogens with zero attached hydrogens (tertiary/aromatic N) is 1. The van der Waals surface area contributed by atoms with Crippen LogP contribution in [0.15, 0.2) is 35.0 Å². The fourth-order valence-corrected chi connectivity index (χ4v) is 7.65. The molecule has 3 fully saturated rings. The molecule has 44 heavy (non-hydrogen) atoms. The van der Waals surface area contributed by atoms with E-state index in [-0.39, 0.29) is 29.8 Å². The predicted octanol–water partition coefficient (Wildman–Crippen LogP) is 6.90. The molecule has 1 N–H and O–H groups in total. The van der Waals surface area contributed by atoms with Crippen molar-refractivity contribution in [2.45, 2.75) is 121 Å². The third-order valence-corrected chi connectivity index (χ3v) is 11.3. The Kier molecular flexibility index (Phi) is 10.7. The molecule has 5 rings (SSSR count). The van der Waals surface area contributed by atoms with Crippen molar-refractivity contribution in [3.8, 4) is 0 Å². The van der Waals surface area contributed by atoms with Gasteiger partial charge in [-0.05, 0) is 74.8 Å². The number of fused-ring (bicyclic) bond motifs is 2. The number of aromatic nitrogens is 1. The van der Waals surface area contributed by atoms with E-state index >= 15 is 0 Å². The van der Waals surface area contributed by atoms with Gasteiger partial charge in [0.05, 0.1) is 23.4 Å². The smallest absolute Gasteiger partial charge is 0.257 e. The quantitative estimate of drug-likeness (QED) is 0.137. The van der Waals surface area contributed by atoms with Crippen LogP contribution in [0.4, 0.5) is 4.39 Å². The van der Waals surface area contributed by atoms with Crippen LogP contribution in [0.25, 0.3) is 6.08 Å². The highest BCUT2D eigenvalue weighted by Crippen LogP contribution is 2.50. The summed E-state index contributed by atoms with van der Waals surface area (Å²) < 4.78 is 52.7. The molecule has 1 amide bonds. The van der Waals surface area contributed by atoms with Crippen molar-refractivity contribution in [2.24, 2.45) is 11.8 Å². The highest BCUT2D eigenvalue weighted by Gasteiger charge is 2.51. The number of benzene rings is 1. The van der Waals surface area contributed by atoms with Gasteiger partial charge in [0.2, 0.25) is 15.9 Å². The van der Waals surface area contributed by atoms with Crippen LogP contribution in [-0.2, 0) is 26.0 Å². The third kappa shape index (κ3) is 8.05. The Morgan fingerprint density at radius 2 is 1.84 bits per heavy atom. The number of carbonyl (C=O) groups is 2. The number of unbranched alkanes of at least 4 members (excludes halogenated alkanes) is 2. The Morgan fingerprint density at radius 3 is 2.61 bits per heavy atom. The molecule has 3 heterocycles. The molecule has 1 aromatic heterocycles. The van der Waals surface area contributed by atoms with Crippen LogP contribution < -0.4 is 4.72 Å². The highest BCUT2D eigenvalue weighted by atomic mass is 32.2. The first-order valence-corrected chi connectivity index (χ1v) is 17.8. The number of rotatable bonds is 14. The first kappa shape index (κ1) is 32.5. The van der Waals surface area contributed by atoms with E-state index in [4.69, 9.17) is 9.15 Å². The van der Waals surface area contributed by atoms with Gasteiger partial charge in [-0.2, -0.15) is 0 Å². The Bertz CT molecular complexity index is 1450. The number of ketones is 1. The topological polar surface area (TPSA) is 116 Å². The van der Waals surface area contributed by atoms with E-state index in [2.05, 4.69) is 4.98 Å². The van der Waals surface area contributed by atoms with Crippen molar-refractivity contribution in [2.75, 3.05) is 0 Å². The van der Waals surface area contributed by atoms with Crippen molar-refractivity contribution in [3.05, 3.63) is 59.1 Å². The number of oxazole rings is 1. The highest BCUT2D eigenvalue weighted by molar-refractivity contribution is 7.90. The van der Waals surface area contributed by atoms with Crippen molar-refractivity contribution >= 4 is 27.8 Å². The second kappa shape index (κ2) is 14.5. The summed E-state index contributed by atoms with van der Waals surface area (Å²) in [5.41, 5.74) is 1.63. The van der Waals surface area contributed by atoms with E-state index in [1.54, 1.807) is 6.07 Å². The van der Waals surface area contributed by atoms with Gasteiger partial charge < -0.3 is 9.15 Å². The van der Waals surface area contributed by atoms with Crippen LogP contribution in [0.1, 0.15) is 124 Å². The average molecular weight is 629 g/mol. The molecule has 3 aliphatic rings. The molecule has 1 saturated carbocycles. The number of amides is 1. The molecule has 240 valence electrons. The van der Waals surface area contributed by atoms with E-state index in [0.717, 1.165) is 37.7 Å². The Balaban J connectivity index is 1.22. The molecule has 2 saturated heterocycles. The van der Waals surface area contributed by atoms with Gasteiger partial charge in [-0.25, -0.2) is 22.5 Å². The maximum atomic E-state index is 14.4. The first-order chi connectivity index (χ1) is 21.1. The second-order valence-corrected chi connectivity index (χ2v) is 15.3. The summed E-state index contributed by atoms with van der Waals surface area (Å²) in [4.78, 5) is 29.9. The summed E-state index contributed by atoms with van der Waals surface area (Å²) in [5.74, 6) is -0.0709. The summed E-state index contributed by atoms with van der Waals surface area (Å²) in [5, 5.41) is -0.752. The van der Waals surface area contributed by atoms with E-state index in [1.807, 2.05) is 4.72 Å². The van der Waals surface area contributed by atoms with Gasteiger partial charge in [0.15, 0.2) is 5.78 Å². The lowest BCUT2D eigenvalue weighted by Gasteiger charge is -2.26. The molecule has 4 atom stereocenters. The van der Waals surface area contributed by atoms with Crippen molar-refractivity contribution in [1.82, 2.24) is 9.71 Å². The molecular formula is C34H45FN2O6S. The minimum atomic E-state index is -3.77. The van der Waals surface area contributed by atoms with Crippen LogP contribution >= 0.6 is 0 Å². The molecule has 10 heteroatoms. The predicted molar refractivity (Wildman–Crippen MR) is 166 cm³/mol. The Hall–Kier alpha value is -2.85. The lowest BCUT2D eigenvalue weighted by atomic mass is 9.75. The van der Waals surface area contributed by atoms with Crippen LogP contribution in [-0.4, -0.2) is 42.6 Å². The largest absolute Gasteiger partial charge is 0.448 e. The Labute approximate surface area is 260 Å². The number of ether oxygens (including phenoxy) is 1. The molecule has 2 aromatic rings. The molecule has 4 unspecified atom stereocenters. The fourth-order valence-electron chi connectivity index (χ4n) is 7.07. The van der Waals surface area contributed by atoms with E-state index in [0.29, 0.717) is 35.6 Å². The van der Waals surface area contributed by atoms with Gasteiger partial charge in [-0.15, -0.1) is 0 Å². The molecule has 1 aromatic carbocycles. The van der Waals surface area contributed by atoms with Crippen molar-refractivity contribution in [3.63, 3.8) is 0 Å².